The zero-order valence-electron chi connectivity index (χ0n) is 4.38. The normalized spacial score (nSPS) is 8.70. The standard InChI is InChI=1S/C2HCl3O2.CHNS/c3-2(4,5)1(6)7;2-1-3/h(H,6,7);3H. The van der Waals surface area contributed by atoms with E-state index in [1.165, 1.54) is 5.40 Å². The average Bonchev–Trinajstić information content (AvgIpc) is 1.64. The van der Waals surface area contributed by atoms with E-state index in [-0.39, 0.29) is 0 Å². The first-order chi connectivity index (χ1) is 4.36. The summed E-state index contributed by atoms with van der Waals surface area (Å²) in [7, 11) is 0. The van der Waals surface area contributed by atoms with E-state index in [1.54, 1.807) is 0 Å². The van der Waals surface area contributed by atoms with Gasteiger partial charge in [0, 0.05) is 0 Å². The summed E-state index contributed by atoms with van der Waals surface area (Å²) in [5.74, 6) is -1.46. The first-order valence-electron chi connectivity index (χ1n) is 1.69. The molecule has 0 rings (SSSR count). The molecule has 7 heteroatoms. The van der Waals surface area contributed by atoms with Crippen molar-refractivity contribution in [3.63, 3.8) is 0 Å². The molecule has 0 aromatic carbocycles. The minimum atomic E-state index is -2.17. The van der Waals surface area contributed by atoms with Gasteiger partial charge in [-0.05, 0) is 0 Å². The smallest absolute Gasteiger partial charge is 0.356 e. The zero-order chi connectivity index (χ0) is 8.78. The van der Waals surface area contributed by atoms with Gasteiger partial charge in [-0.2, -0.15) is 5.26 Å². The van der Waals surface area contributed by atoms with E-state index >= 15 is 0 Å². The Balaban J connectivity index is 0. The van der Waals surface area contributed by atoms with Crippen LogP contribution in [0, 0.1) is 10.7 Å². The maximum atomic E-state index is 9.62. The summed E-state index contributed by atoms with van der Waals surface area (Å²) in [5.41, 5.74) is 0. The predicted molar refractivity (Wildman–Crippen MR) is 42.5 cm³/mol. The lowest BCUT2D eigenvalue weighted by Gasteiger charge is -1.99. The highest BCUT2D eigenvalue weighted by molar-refractivity contribution is 7.85. The molecular formula is C3H2Cl3NO2S. The van der Waals surface area contributed by atoms with Gasteiger partial charge in [-0.1, -0.05) is 47.4 Å². The fraction of sp³-hybridized carbons (Fsp3) is 0.333. The van der Waals surface area contributed by atoms with Gasteiger partial charge in [-0.15, -0.1) is 0 Å². The highest BCUT2D eigenvalue weighted by Gasteiger charge is 2.29. The molecule has 3 nitrogen and oxygen atoms in total. The van der Waals surface area contributed by atoms with E-state index < -0.39 is 9.76 Å². The molecule has 0 aromatic rings. The van der Waals surface area contributed by atoms with Crippen molar-refractivity contribution in [2.24, 2.45) is 0 Å². The minimum Gasteiger partial charge on any atom is -0.478 e. The highest BCUT2D eigenvalue weighted by Crippen LogP contribution is 2.25. The minimum absolute atomic E-state index is 1.44. The number of rotatable bonds is 0. The van der Waals surface area contributed by atoms with E-state index in [4.69, 9.17) is 45.2 Å². The first kappa shape index (κ1) is 12.8. The van der Waals surface area contributed by atoms with Crippen molar-refractivity contribution in [3.05, 3.63) is 0 Å². The van der Waals surface area contributed by atoms with Crippen LogP contribution in [0.3, 0.4) is 0 Å². The molecule has 0 heterocycles. The molecule has 0 spiro atoms. The van der Waals surface area contributed by atoms with Gasteiger partial charge in [0.15, 0.2) is 0 Å². The molecule has 0 aliphatic heterocycles. The Morgan fingerprint density at radius 2 is 1.70 bits per heavy atom. The fourth-order valence-corrected chi connectivity index (χ4v) is 0. The summed E-state index contributed by atoms with van der Waals surface area (Å²) < 4.78 is -2.17. The quantitative estimate of drug-likeness (QED) is 0.373. The third-order valence-electron chi connectivity index (χ3n) is 0.243. The number of aliphatic carboxylic acids is 1. The molecule has 0 atom stereocenters. The van der Waals surface area contributed by atoms with Gasteiger partial charge in [-0.25, -0.2) is 4.79 Å². The summed E-state index contributed by atoms with van der Waals surface area (Å²) in [6.07, 6.45) is 0. The third-order valence-corrected chi connectivity index (χ3v) is 0.728. The molecule has 1 N–H and O–H groups in total. The van der Waals surface area contributed by atoms with Crippen molar-refractivity contribution in [1.29, 1.82) is 5.26 Å². The second-order valence-electron chi connectivity index (χ2n) is 0.903. The van der Waals surface area contributed by atoms with Crippen LogP contribution < -0.4 is 0 Å². The second kappa shape index (κ2) is 5.93. The maximum Gasteiger partial charge on any atom is 0.356 e. The van der Waals surface area contributed by atoms with Crippen molar-refractivity contribution in [1.82, 2.24) is 0 Å². The topological polar surface area (TPSA) is 61.1 Å². The Kier molecular flexibility index (Phi) is 7.60. The largest absolute Gasteiger partial charge is 0.478 e. The number of hydrogen-bond donors (Lipinski definition) is 2. The lowest BCUT2D eigenvalue weighted by molar-refractivity contribution is -0.135. The van der Waals surface area contributed by atoms with Crippen LogP contribution in [-0.4, -0.2) is 14.9 Å². The number of thiol groups is 1. The number of nitriles is 1. The van der Waals surface area contributed by atoms with E-state index in [2.05, 4.69) is 12.6 Å². The van der Waals surface area contributed by atoms with Crippen LogP contribution in [0.15, 0.2) is 0 Å². The number of thiocyanates is 1. The third kappa shape index (κ3) is 11.0. The van der Waals surface area contributed by atoms with Crippen LogP contribution in [0.5, 0.6) is 0 Å². The van der Waals surface area contributed by atoms with Crippen molar-refractivity contribution < 1.29 is 9.90 Å². The van der Waals surface area contributed by atoms with Gasteiger partial charge >= 0.3 is 5.97 Å². The van der Waals surface area contributed by atoms with Crippen LogP contribution in [0.1, 0.15) is 0 Å². The molecule has 58 valence electrons. The molecule has 0 aromatic heterocycles. The van der Waals surface area contributed by atoms with Crippen molar-refractivity contribution in [2.45, 2.75) is 3.79 Å². The van der Waals surface area contributed by atoms with Crippen LogP contribution in [0.4, 0.5) is 0 Å². The van der Waals surface area contributed by atoms with E-state index in [1.807, 2.05) is 0 Å². The van der Waals surface area contributed by atoms with Crippen molar-refractivity contribution >= 4 is 53.4 Å². The summed E-state index contributed by atoms with van der Waals surface area (Å²) in [5, 5.41) is 16.5. The van der Waals surface area contributed by atoms with E-state index in [9.17, 15) is 4.79 Å². The lowest BCUT2D eigenvalue weighted by atomic mass is 10.8. The number of alkyl halides is 3. The van der Waals surface area contributed by atoms with E-state index in [0.29, 0.717) is 0 Å². The van der Waals surface area contributed by atoms with E-state index in [0.717, 1.165) is 0 Å². The van der Waals surface area contributed by atoms with Crippen LogP contribution in [0.2, 0.25) is 0 Å². The number of halogens is 3. The number of carbonyl (C=O) groups is 1. The lowest BCUT2D eigenvalue weighted by Crippen LogP contribution is -2.16. The second-order valence-corrected chi connectivity index (χ2v) is 3.38. The SMILES string of the molecule is N#CS.O=C(O)C(Cl)(Cl)Cl. The molecule has 0 radical (unpaired) electrons. The molecule has 10 heavy (non-hydrogen) atoms. The molecule has 0 bridgehead atoms. The Morgan fingerprint density at radius 1 is 1.60 bits per heavy atom. The fourth-order valence-electron chi connectivity index (χ4n) is 0. The van der Waals surface area contributed by atoms with Crippen LogP contribution in [-0.2, 0) is 4.79 Å². The van der Waals surface area contributed by atoms with Gasteiger partial charge in [0.05, 0.1) is 0 Å². The molecule has 0 saturated carbocycles. The number of carboxylic acids is 1. The van der Waals surface area contributed by atoms with Gasteiger partial charge < -0.3 is 5.11 Å². The van der Waals surface area contributed by atoms with Crippen LogP contribution >= 0.6 is 47.4 Å². The van der Waals surface area contributed by atoms with Crippen molar-refractivity contribution in [2.75, 3.05) is 0 Å². The number of carboxylic acid groups (broad SMARTS) is 1. The number of nitrogens with zero attached hydrogens (tertiary/aromatic N) is 1. The maximum absolute atomic E-state index is 9.62. The van der Waals surface area contributed by atoms with Gasteiger partial charge in [0.1, 0.15) is 5.40 Å². The molecule has 0 aliphatic rings. The summed E-state index contributed by atoms with van der Waals surface area (Å²) in [6.45, 7) is 0. The highest BCUT2D eigenvalue weighted by atomic mass is 35.6. The Bertz CT molecular complexity index is 149. The Labute approximate surface area is 77.9 Å². The summed E-state index contributed by atoms with van der Waals surface area (Å²) in [6, 6.07) is 0. The van der Waals surface area contributed by atoms with Crippen LogP contribution in [0.25, 0.3) is 0 Å². The Hall–Kier alpha value is 0.180. The summed E-state index contributed by atoms with van der Waals surface area (Å²) in [4.78, 5) is 9.62. The van der Waals surface area contributed by atoms with Crippen molar-refractivity contribution in [3.8, 4) is 5.40 Å². The molecule has 0 fully saturated rings. The van der Waals surface area contributed by atoms with Gasteiger partial charge in [0.2, 0.25) is 0 Å². The zero-order valence-corrected chi connectivity index (χ0v) is 7.55. The molecule has 0 amide bonds. The first-order valence-corrected chi connectivity index (χ1v) is 3.27. The average molecular weight is 222 g/mol. The van der Waals surface area contributed by atoms with Gasteiger partial charge in [0.25, 0.3) is 3.79 Å². The molecule has 0 aliphatic carbocycles. The monoisotopic (exact) mass is 221 g/mol. The predicted octanol–water partition coefficient (Wildman–Crippen LogP) is 1.84. The van der Waals surface area contributed by atoms with Gasteiger partial charge in [-0.3, -0.25) is 0 Å². The Morgan fingerprint density at radius 3 is 1.70 bits per heavy atom. The molecule has 0 unspecified atom stereocenters. The molecular weight excluding hydrogens is 220 g/mol. The number of hydrogen-bond acceptors (Lipinski definition) is 3. The summed E-state index contributed by atoms with van der Waals surface area (Å²) >= 11 is 17.5. The molecule has 0 saturated heterocycles.